The highest BCUT2D eigenvalue weighted by Gasteiger charge is 2.68. The molecule has 0 spiro atoms. The Morgan fingerprint density at radius 1 is 0.778 bits per heavy atom. The molecule has 0 aromatic heterocycles. The first kappa shape index (κ1) is 33.6. The lowest BCUT2D eigenvalue weighted by atomic mass is 9.36. The maximum Gasteiger partial charge on any atom is 0.294 e. The lowest BCUT2D eigenvalue weighted by Gasteiger charge is -2.68. The second kappa shape index (κ2) is 10.4. The van der Waals surface area contributed by atoms with Crippen LogP contribution in [0, 0.1) is 45.3 Å². The molecule has 45 heavy (non-hydrogen) atoms. The Morgan fingerprint density at radius 3 is 1.98 bits per heavy atom. The molecule has 0 heterocycles. The average molecular weight is 663 g/mol. The molecule has 0 saturated heterocycles. The first-order valence-electron chi connectivity index (χ1n) is 17.1. The molecule has 6 rings (SSSR count). The van der Waals surface area contributed by atoms with E-state index in [-0.39, 0.29) is 43.5 Å². The van der Waals surface area contributed by atoms with E-state index >= 15 is 0 Å². The van der Waals surface area contributed by atoms with E-state index < -0.39 is 25.7 Å². The zero-order chi connectivity index (χ0) is 33.2. The summed E-state index contributed by atoms with van der Waals surface area (Å²) in [6, 6.07) is 2.28. The van der Waals surface area contributed by atoms with E-state index in [1.54, 1.807) is 0 Å². The Bertz CT molecular complexity index is 1640. The van der Waals surface area contributed by atoms with Crippen LogP contribution >= 0.6 is 0 Å². The third-order valence-electron chi connectivity index (χ3n) is 14.9. The smallest absolute Gasteiger partial charge is 0.294 e. The van der Waals surface area contributed by atoms with E-state index in [1.807, 2.05) is 6.92 Å². The quantitative estimate of drug-likeness (QED) is 0.217. The molecule has 9 heteroatoms. The fraction of sp³-hybridized carbons (Fsp3) is 0.778. The molecule has 9 atom stereocenters. The highest BCUT2D eigenvalue weighted by Crippen LogP contribution is 2.73. The van der Waals surface area contributed by atoms with E-state index in [0.29, 0.717) is 41.7 Å². The van der Waals surface area contributed by atoms with Crippen LogP contribution in [0.1, 0.15) is 124 Å². The molecule has 0 bridgehead atoms. The van der Waals surface area contributed by atoms with Crippen LogP contribution in [0.15, 0.2) is 33.6 Å². The molecular formula is C36H54O7S2. The summed E-state index contributed by atoms with van der Waals surface area (Å²) in [7, 11) is -9.22. The van der Waals surface area contributed by atoms with E-state index in [2.05, 4.69) is 47.6 Å². The van der Waals surface area contributed by atoms with Crippen LogP contribution in [-0.4, -0.2) is 37.2 Å². The molecule has 3 fully saturated rings. The van der Waals surface area contributed by atoms with Gasteiger partial charge in [0.05, 0.1) is 15.9 Å². The van der Waals surface area contributed by atoms with Crippen molar-refractivity contribution in [3.63, 3.8) is 0 Å². The maximum absolute atomic E-state index is 12.6. The fourth-order valence-electron chi connectivity index (χ4n) is 12.7. The van der Waals surface area contributed by atoms with E-state index in [9.17, 15) is 31.0 Å². The van der Waals surface area contributed by atoms with Crippen molar-refractivity contribution in [1.82, 2.24) is 0 Å². The predicted octanol–water partition coefficient (Wildman–Crippen LogP) is 7.77. The van der Waals surface area contributed by atoms with Crippen molar-refractivity contribution in [3.05, 3.63) is 34.9 Å². The van der Waals surface area contributed by atoms with Gasteiger partial charge in [-0.3, -0.25) is 9.11 Å². The second-order valence-electron chi connectivity index (χ2n) is 17.4. The molecule has 0 aliphatic heterocycles. The minimum absolute atomic E-state index is 0.0260. The third kappa shape index (κ3) is 4.87. The summed E-state index contributed by atoms with van der Waals surface area (Å²) >= 11 is 0. The van der Waals surface area contributed by atoms with Gasteiger partial charge >= 0.3 is 0 Å². The molecule has 1 aromatic carbocycles. The van der Waals surface area contributed by atoms with Crippen molar-refractivity contribution in [2.75, 3.05) is 0 Å². The number of benzene rings is 1. The summed E-state index contributed by atoms with van der Waals surface area (Å²) in [5.74, 6) is 1.13. The molecule has 7 nitrogen and oxygen atoms in total. The molecule has 252 valence electrons. The number of aliphatic hydroxyl groups is 1. The lowest BCUT2D eigenvalue weighted by molar-refractivity contribution is -0.208. The highest BCUT2D eigenvalue weighted by atomic mass is 32.2. The standard InChI is InChI=1S/C36H54O7S2/c1-22-9-8-16-32(2,3)24(22)12-17-35(6)28-13-18-34(5)27(33(28,4)20-15-30(35)37)14-19-36(7)29(34)21-23-25(44(38,39)40)10-11-26(31(23)36)45(41,42)43/h9-11,24,27-30,37H,8,12-21H2,1-7H3,(H,38,39,40)(H,41,42,43)/t24-,27-,28-,29+,30+,33-,34-,35+,36+/m1/s1. The number of allylic oxidation sites excluding steroid dienone is 2. The van der Waals surface area contributed by atoms with Gasteiger partial charge in [0, 0.05) is 0 Å². The Kier molecular flexibility index (Phi) is 7.75. The summed E-state index contributed by atoms with van der Waals surface area (Å²) in [4.78, 5) is -0.482. The topological polar surface area (TPSA) is 129 Å². The summed E-state index contributed by atoms with van der Waals surface area (Å²) in [5.41, 5.74) is 1.34. The molecular weight excluding hydrogens is 609 g/mol. The van der Waals surface area contributed by atoms with Crippen LogP contribution in [0.4, 0.5) is 0 Å². The van der Waals surface area contributed by atoms with Crippen LogP contribution < -0.4 is 0 Å². The molecule has 3 saturated carbocycles. The Labute approximate surface area is 271 Å². The van der Waals surface area contributed by atoms with Gasteiger partial charge in [-0.25, -0.2) is 0 Å². The van der Waals surface area contributed by atoms with Crippen molar-refractivity contribution >= 4 is 20.2 Å². The SMILES string of the molecule is CC1=CCCC(C)(C)[C@@H]1CC[C@@]1(C)[C@@H]2CC[C@]3(C)[C@H](CC[C@]4(C)c5c(S(=O)(=O)O)ccc(S(=O)(=O)O)c5C[C@@H]34)[C@@]2(C)CC[C@@H]1O. The maximum atomic E-state index is 12.6. The van der Waals surface area contributed by atoms with Crippen molar-refractivity contribution < 1.29 is 31.0 Å². The average Bonchev–Trinajstić information content (AvgIpc) is 3.23. The monoisotopic (exact) mass is 662 g/mol. The summed E-state index contributed by atoms with van der Waals surface area (Å²) in [6.45, 7) is 16.2. The van der Waals surface area contributed by atoms with Gasteiger partial charge in [-0.15, -0.1) is 0 Å². The molecule has 0 unspecified atom stereocenters. The zero-order valence-electron chi connectivity index (χ0n) is 28.2. The van der Waals surface area contributed by atoms with E-state index in [0.717, 1.165) is 63.5 Å². The molecule has 0 amide bonds. The Hall–Kier alpha value is -1.26. The van der Waals surface area contributed by atoms with Crippen molar-refractivity contribution in [2.24, 2.45) is 45.3 Å². The van der Waals surface area contributed by atoms with Crippen LogP contribution in [0.25, 0.3) is 0 Å². The fourth-order valence-corrected chi connectivity index (χ4v) is 14.3. The lowest BCUT2D eigenvalue weighted by Crippen LogP contribution is -2.63. The van der Waals surface area contributed by atoms with E-state index in [4.69, 9.17) is 0 Å². The van der Waals surface area contributed by atoms with E-state index in [1.165, 1.54) is 12.0 Å². The first-order chi connectivity index (χ1) is 20.6. The number of hydrogen-bond donors (Lipinski definition) is 3. The largest absolute Gasteiger partial charge is 0.393 e. The van der Waals surface area contributed by atoms with Gasteiger partial charge in [0.15, 0.2) is 0 Å². The molecule has 0 radical (unpaired) electrons. The number of hydrogen-bond acceptors (Lipinski definition) is 5. The van der Waals surface area contributed by atoms with Gasteiger partial charge in [-0.2, -0.15) is 16.8 Å². The van der Waals surface area contributed by atoms with Gasteiger partial charge in [-0.05, 0) is 152 Å². The first-order valence-corrected chi connectivity index (χ1v) is 19.9. The van der Waals surface area contributed by atoms with Crippen molar-refractivity contribution in [2.45, 2.75) is 140 Å². The second-order valence-corrected chi connectivity index (χ2v) is 20.1. The molecule has 5 aliphatic carbocycles. The van der Waals surface area contributed by atoms with Crippen LogP contribution in [0.2, 0.25) is 0 Å². The minimum Gasteiger partial charge on any atom is -0.393 e. The van der Waals surface area contributed by atoms with Gasteiger partial charge in [0.1, 0.15) is 0 Å². The van der Waals surface area contributed by atoms with Crippen LogP contribution in [-0.2, 0) is 32.1 Å². The predicted molar refractivity (Wildman–Crippen MR) is 175 cm³/mol. The zero-order valence-corrected chi connectivity index (χ0v) is 29.8. The molecule has 1 aromatic rings. The molecule has 5 aliphatic rings. The molecule has 3 N–H and O–H groups in total. The van der Waals surface area contributed by atoms with Crippen molar-refractivity contribution in [3.8, 4) is 0 Å². The summed E-state index contributed by atoms with van der Waals surface area (Å²) in [5, 5.41) is 11.7. The van der Waals surface area contributed by atoms with Crippen molar-refractivity contribution in [1.29, 1.82) is 0 Å². The summed E-state index contributed by atoms with van der Waals surface area (Å²) in [6.07, 6.45) is 11.9. The number of fused-ring (bicyclic) bond motifs is 7. The number of rotatable bonds is 5. The Balaban J connectivity index is 1.37. The number of aliphatic hydroxyl groups excluding tert-OH is 1. The van der Waals surface area contributed by atoms with Gasteiger partial charge in [0.25, 0.3) is 20.2 Å². The van der Waals surface area contributed by atoms with Gasteiger partial charge < -0.3 is 5.11 Å². The normalized spacial score (nSPS) is 42.6. The van der Waals surface area contributed by atoms with Gasteiger partial charge in [-0.1, -0.05) is 53.2 Å². The van der Waals surface area contributed by atoms with Crippen LogP contribution in [0.5, 0.6) is 0 Å². The summed E-state index contributed by atoms with van der Waals surface area (Å²) < 4.78 is 70.7. The highest BCUT2D eigenvalue weighted by molar-refractivity contribution is 7.86. The minimum atomic E-state index is -4.62. The Morgan fingerprint density at radius 2 is 1.36 bits per heavy atom. The third-order valence-corrected chi connectivity index (χ3v) is 16.7. The van der Waals surface area contributed by atoms with Gasteiger partial charge in [0.2, 0.25) is 0 Å². The van der Waals surface area contributed by atoms with Crippen LogP contribution in [0.3, 0.4) is 0 Å².